The minimum absolute atomic E-state index is 0.0576. The van der Waals surface area contributed by atoms with E-state index in [1.165, 1.54) is 0 Å². The largest absolute Gasteiger partial charge is 0.341 e. The van der Waals surface area contributed by atoms with Gasteiger partial charge in [-0.2, -0.15) is 0 Å². The van der Waals surface area contributed by atoms with E-state index in [4.69, 9.17) is 0 Å². The highest BCUT2D eigenvalue weighted by atomic mass is 16.2. The van der Waals surface area contributed by atoms with Gasteiger partial charge in [-0.3, -0.25) is 9.20 Å². The van der Waals surface area contributed by atoms with Crippen molar-refractivity contribution in [2.24, 2.45) is 0 Å². The van der Waals surface area contributed by atoms with Crippen LogP contribution in [0.25, 0.3) is 5.65 Å². The summed E-state index contributed by atoms with van der Waals surface area (Å²) in [5.41, 5.74) is 0.753. The Labute approximate surface area is 134 Å². The van der Waals surface area contributed by atoms with Crippen LogP contribution in [0, 0.1) is 0 Å². The summed E-state index contributed by atoms with van der Waals surface area (Å²) in [6.07, 6.45) is 2.66. The molecule has 0 unspecified atom stereocenters. The van der Waals surface area contributed by atoms with Gasteiger partial charge in [-0.05, 0) is 18.6 Å². The predicted octanol–water partition coefficient (Wildman–Crippen LogP) is 0.493. The first kappa shape index (κ1) is 15.3. The van der Waals surface area contributed by atoms with Gasteiger partial charge < -0.3 is 15.1 Å². The van der Waals surface area contributed by atoms with Crippen LogP contribution in [0.5, 0.6) is 0 Å². The van der Waals surface area contributed by atoms with Crippen molar-refractivity contribution in [3.63, 3.8) is 0 Å². The molecule has 0 bridgehead atoms. The van der Waals surface area contributed by atoms with Crippen LogP contribution < -0.4 is 5.32 Å². The summed E-state index contributed by atoms with van der Waals surface area (Å²) in [5.74, 6) is 0.747. The van der Waals surface area contributed by atoms with E-state index in [2.05, 4.69) is 15.5 Å². The zero-order valence-electron chi connectivity index (χ0n) is 13.1. The highest BCUT2D eigenvalue weighted by Crippen LogP contribution is 2.05. The first-order valence-corrected chi connectivity index (χ1v) is 7.72. The maximum absolute atomic E-state index is 12.3. The molecule has 2 aromatic heterocycles. The van der Waals surface area contributed by atoms with Crippen LogP contribution >= 0.6 is 0 Å². The van der Waals surface area contributed by atoms with E-state index in [1.54, 1.807) is 16.7 Å². The van der Waals surface area contributed by atoms with Crippen molar-refractivity contribution in [3.8, 4) is 0 Å². The molecule has 3 heterocycles. The number of carbonyl (C=O) groups is 2. The number of hydrogen-bond acceptors (Lipinski definition) is 4. The van der Waals surface area contributed by atoms with Gasteiger partial charge in [0.1, 0.15) is 0 Å². The second kappa shape index (κ2) is 6.64. The molecule has 3 amide bonds. The maximum atomic E-state index is 12.3. The normalized spacial score (nSPS) is 15.5. The Morgan fingerprint density at radius 3 is 2.74 bits per heavy atom. The highest BCUT2D eigenvalue weighted by molar-refractivity contribution is 5.75. The number of nitrogens with zero attached hydrogens (tertiary/aromatic N) is 5. The first-order chi connectivity index (χ1) is 11.1. The fourth-order valence-corrected chi connectivity index (χ4v) is 2.71. The van der Waals surface area contributed by atoms with E-state index in [9.17, 15) is 9.59 Å². The molecule has 8 nitrogen and oxygen atoms in total. The number of aromatic nitrogens is 3. The van der Waals surface area contributed by atoms with E-state index >= 15 is 0 Å². The van der Waals surface area contributed by atoms with Crippen LogP contribution in [0.4, 0.5) is 4.79 Å². The summed E-state index contributed by atoms with van der Waals surface area (Å²) in [5, 5.41) is 11.0. The van der Waals surface area contributed by atoms with Gasteiger partial charge >= 0.3 is 6.03 Å². The molecular weight excluding hydrogens is 296 g/mol. The number of pyridine rings is 1. The summed E-state index contributed by atoms with van der Waals surface area (Å²) >= 11 is 0. The standard InChI is InChI=1S/C15H20N6O2/c1-12(22)19-6-4-7-20(10-9-19)15(23)16-11-14-18-17-13-5-2-3-8-21(13)14/h2-3,5,8H,4,6-7,9-11H2,1H3,(H,16,23). The molecule has 8 heteroatoms. The lowest BCUT2D eigenvalue weighted by atomic mass is 10.4. The zero-order valence-corrected chi connectivity index (χ0v) is 13.1. The van der Waals surface area contributed by atoms with Crippen molar-refractivity contribution in [1.29, 1.82) is 0 Å². The molecule has 23 heavy (non-hydrogen) atoms. The fraction of sp³-hybridized carbons (Fsp3) is 0.467. The Bertz CT molecular complexity index is 713. The van der Waals surface area contributed by atoms with Gasteiger partial charge in [0, 0.05) is 39.3 Å². The Morgan fingerprint density at radius 1 is 1.13 bits per heavy atom. The molecule has 0 spiro atoms. The molecule has 2 aromatic rings. The van der Waals surface area contributed by atoms with Crippen LogP contribution in [0.1, 0.15) is 19.2 Å². The number of carbonyl (C=O) groups excluding carboxylic acids is 2. The quantitative estimate of drug-likeness (QED) is 0.874. The average molecular weight is 316 g/mol. The van der Waals surface area contributed by atoms with Gasteiger partial charge in [-0.15, -0.1) is 10.2 Å². The molecule has 1 N–H and O–H groups in total. The van der Waals surface area contributed by atoms with Crippen LogP contribution in [-0.4, -0.2) is 62.5 Å². The molecule has 1 fully saturated rings. The van der Waals surface area contributed by atoms with E-state index < -0.39 is 0 Å². The molecule has 122 valence electrons. The van der Waals surface area contributed by atoms with Crippen molar-refractivity contribution in [1.82, 2.24) is 29.7 Å². The number of hydrogen-bond donors (Lipinski definition) is 1. The minimum Gasteiger partial charge on any atom is -0.341 e. The lowest BCUT2D eigenvalue weighted by molar-refractivity contribution is -0.128. The molecule has 0 saturated carbocycles. The van der Waals surface area contributed by atoms with Crippen molar-refractivity contribution < 1.29 is 9.59 Å². The fourth-order valence-electron chi connectivity index (χ4n) is 2.71. The third-order valence-electron chi connectivity index (χ3n) is 4.01. The summed E-state index contributed by atoms with van der Waals surface area (Å²) in [6.45, 7) is 4.36. The summed E-state index contributed by atoms with van der Waals surface area (Å²) in [4.78, 5) is 27.3. The van der Waals surface area contributed by atoms with Crippen molar-refractivity contribution >= 4 is 17.6 Å². The molecule has 1 aliphatic rings. The molecule has 0 aliphatic carbocycles. The predicted molar refractivity (Wildman–Crippen MR) is 83.7 cm³/mol. The van der Waals surface area contributed by atoms with Crippen LogP contribution in [0.2, 0.25) is 0 Å². The van der Waals surface area contributed by atoms with Gasteiger partial charge in [0.25, 0.3) is 0 Å². The zero-order chi connectivity index (χ0) is 16.2. The number of nitrogens with one attached hydrogen (secondary N) is 1. The Hall–Kier alpha value is -2.64. The molecule has 0 atom stereocenters. The summed E-state index contributed by atoms with van der Waals surface area (Å²) in [7, 11) is 0. The molecular formula is C15H20N6O2. The van der Waals surface area contributed by atoms with Gasteiger partial charge in [0.05, 0.1) is 6.54 Å². The Kier molecular flexibility index (Phi) is 4.40. The second-order valence-corrected chi connectivity index (χ2v) is 5.55. The van der Waals surface area contributed by atoms with Crippen molar-refractivity contribution in [2.45, 2.75) is 19.9 Å². The van der Waals surface area contributed by atoms with E-state index in [0.29, 0.717) is 38.5 Å². The smallest absolute Gasteiger partial charge is 0.317 e. The van der Waals surface area contributed by atoms with E-state index in [1.807, 2.05) is 28.8 Å². The molecule has 3 rings (SSSR count). The lowest BCUT2D eigenvalue weighted by Crippen LogP contribution is -2.42. The van der Waals surface area contributed by atoms with Crippen LogP contribution in [0.15, 0.2) is 24.4 Å². The van der Waals surface area contributed by atoms with Gasteiger partial charge in [-0.25, -0.2) is 4.79 Å². The molecule has 1 saturated heterocycles. The Balaban J connectivity index is 1.58. The number of fused-ring (bicyclic) bond motifs is 1. The van der Waals surface area contributed by atoms with Crippen LogP contribution in [0.3, 0.4) is 0 Å². The SMILES string of the molecule is CC(=O)N1CCCN(C(=O)NCc2nnc3ccccn23)CC1. The number of amides is 3. The first-order valence-electron chi connectivity index (χ1n) is 7.72. The third kappa shape index (κ3) is 3.41. The molecule has 0 aromatic carbocycles. The third-order valence-corrected chi connectivity index (χ3v) is 4.01. The Morgan fingerprint density at radius 2 is 1.91 bits per heavy atom. The summed E-state index contributed by atoms with van der Waals surface area (Å²) in [6, 6.07) is 5.52. The molecule has 1 aliphatic heterocycles. The minimum atomic E-state index is -0.136. The topological polar surface area (TPSA) is 82.8 Å². The number of urea groups is 1. The highest BCUT2D eigenvalue weighted by Gasteiger charge is 2.20. The van der Waals surface area contributed by atoms with Gasteiger partial charge in [0.2, 0.25) is 5.91 Å². The van der Waals surface area contributed by atoms with E-state index in [0.717, 1.165) is 12.1 Å². The maximum Gasteiger partial charge on any atom is 0.317 e. The van der Waals surface area contributed by atoms with Crippen LogP contribution in [-0.2, 0) is 11.3 Å². The average Bonchev–Trinajstić information content (AvgIpc) is 2.79. The summed E-state index contributed by atoms with van der Waals surface area (Å²) < 4.78 is 1.85. The number of rotatable bonds is 2. The second-order valence-electron chi connectivity index (χ2n) is 5.55. The van der Waals surface area contributed by atoms with Gasteiger partial charge in [-0.1, -0.05) is 6.07 Å². The van der Waals surface area contributed by atoms with E-state index in [-0.39, 0.29) is 11.9 Å². The van der Waals surface area contributed by atoms with Crippen molar-refractivity contribution in [3.05, 3.63) is 30.2 Å². The van der Waals surface area contributed by atoms with Crippen molar-refractivity contribution in [2.75, 3.05) is 26.2 Å². The van der Waals surface area contributed by atoms with Gasteiger partial charge in [0.15, 0.2) is 11.5 Å². The lowest BCUT2D eigenvalue weighted by Gasteiger charge is -2.21. The molecule has 0 radical (unpaired) electrons. The monoisotopic (exact) mass is 316 g/mol.